The molecule has 2 amide bonds. The molecule has 0 bridgehead atoms. The quantitative estimate of drug-likeness (QED) is 0.450. The van der Waals surface area contributed by atoms with Gasteiger partial charge in [0.05, 0.1) is 12.1 Å². The van der Waals surface area contributed by atoms with Crippen LogP contribution in [0.2, 0.25) is 0 Å². The Balaban J connectivity index is 1.96. The summed E-state index contributed by atoms with van der Waals surface area (Å²) >= 11 is 5.87. The first-order valence-electron chi connectivity index (χ1n) is 6.02. The highest BCUT2D eigenvalue weighted by Gasteiger charge is 2.55. The number of carbonyl (C=O) groups excluding carboxylic acids is 2. The molecule has 0 radical (unpaired) electrons. The molecule has 1 spiro atoms. The topological polar surface area (TPSA) is 62.1 Å². The van der Waals surface area contributed by atoms with E-state index in [1.54, 1.807) is 12.1 Å². The number of azo groups is 1. The van der Waals surface area contributed by atoms with Crippen molar-refractivity contribution in [3.05, 3.63) is 29.8 Å². The molecule has 1 aromatic rings. The Kier molecular flexibility index (Phi) is 2.67. The van der Waals surface area contributed by atoms with Gasteiger partial charge in [0, 0.05) is 6.42 Å². The van der Waals surface area contributed by atoms with Crippen LogP contribution < -0.4 is 4.90 Å². The van der Waals surface area contributed by atoms with Gasteiger partial charge in [0.25, 0.3) is 5.91 Å². The van der Waals surface area contributed by atoms with E-state index in [2.05, 4.69) is 10.2 Å². The van der Waals surface area contributed by atoms with Crippen molar-refractivity contribution in [1.29, 1.82) is 0 Å². The van der Waals surface area contributed by atoms with Crippen LogP contribution in [0.1, 0.15) is 18.4 Å². The summed E-state index contributed by atoms with van der Waals surface area (Å²) in [5.41, 5.74) is 0.0494. The van der Waals surface area contributed by atoms with Crippen LogP contribution >= 0.6 is 11.6 Å². The van der Waals surface area contributed by atoms with Gasteiger partial charge in [0.2, 0.25) is 5.91 Å². The summed E-state index contributed by atoms with van der Waals surface area (Å²) < 4.78 is 0. The zero-order valence-electron chi connectivity index (χ0n) is 10.3. The maximum Gasteiger partial charge on any atom is 0.264 e. The van der Waals surface area contributed by atoms with E-state index in [4.69, 9.17) is 11.6 Å². The van der Waals surface area contributed by atoms with E-state index in [0.29, 0.717) is 12.1 Å². The van der Waals surface area contributed by atoms with Gasteiger partial charge in [0.15, 0.2) is 5.54 Å². The second kappa shape index (κ2) is 4.13. The predicted octanol–water partition coefficient (Wildman–Crippen LogP) is 2.42. The van der Waals surface area contributed by atoms with Crippen LogP contribution in [0.25, 0.3) is 0 Å². The predicted molar refractivity (Wildman–Crippen MR) is 70.1 cm³/mol. The summed E-state index contributed by atoms with van der Waals surface area (Å²) in [6, 6.07) is 7.24. The molecule has 0 aromatic heterocycles. The summed E-state index contributed by atoms with van der Waals surface area (Å²) in [4.78, 5) is 25.7. The van der Waals surface area contributed by atoms with Crippen molar-refractivity contribution in [2.24, 2.45) is 10.2 Å². The lowest BCUT2D eigenvalue weighted by Gasteiger charge is -2.18. The Morgan fingerprint density at radius 1 is 1.32 bits per heavy atom. The largest absolute Gasteiger partial charge is 0.274 e. The van der Waals surface area contributed by atoms with E-state index in [-0.39, 0.29) is 18.2 Å². The highest BCUT2D eigenvalue weighted by atomic mass is 35.5. The van der Waals surface area contributed by atoms with Crippen LogP contribution in [0.5, 0.6) is 0 Å². The lowest BCUT2D eigenvalue weighted by Crippen LogP contribution is -2.38. The average molecular weight is 278 g/mol. The molecule has 1 aromatic carbocycles. The van der Waals surface area contributed by atoms with E-state index in [9.17, 15) is 9.59 Å². The average Bonchev–Trinajstić information content (AvgIpc) is 2.84. The Labute approximate surface area is 115 Å². The van der Waals surface area contributed by atoms with Gasteiger partial charge in [-0.1, -0.05) is 29.3 Å². The fourth-order valence-electron chi connectivity index (χ4n) is 2.45. The molecule has 19 heavy (non-hydrogen) atoms. The molecule has 0 aliphatic carbocycles. The zero-order chi connectivity index (χ0) is 13.6. The number of halogens is 1. The molecule has 98 valence electrons. The number of aryl methyl sites for hydroxylation is 1. The molecule has 2 aliphatic heterocycles. The monoisotopic (exact) mass is 277 g/mol. The zero-order valence-corrected chi connectivity index (χ0v) is 11.1. The number of rotatable bonds is 1. The minimum Gasteiger partial charge on any atom is -0.274 e. The minimum atomic E-state index is -1.08. The summed E-state index contributed by atoms with van der Waals surface area (Å²) in [6.07, 6.45) is 0.341. The third-order valence-electron chi connectivity index (χ3n) is 3.47. The molecule has 0 unspecified atom stereocenters. The third-order valence-corrected chi connectivity index (χ3v) is 3.71. The van der Waals surface area contributed by atoms with Crippen LogP contribution in [-0.2, 0) is 9.59 Å². The van der Waals surface area contributed by atoms with E-state index in [1.165, 1.54) is 4.90 Å². The maximum absolute atomic E-state index is 12.5. The summed E-state index contributed by atoms with van der Waals surface area (Å²) in [5, 5.41) is 7.74. The maximum atomic E-state index is 12.5. The van der Waals surface area contributed by atoms with Gasteiger partial charge in [-0.25, -0.2) is 4.90 Å². The van der Waals surface area contributed by atoms with E-state index in [1.807, 2.05) is 19.1 Å². The molecule has 6 heteroatoms. The minimum absolute atomic E-state index is 0.0480. The SMILES string of the molecule is Cc1ccc(N2C(=O)C[C@]3(C[C@H](Cl)N=N3)C2=O)cc1. The van der Waals surface area contributed by atoms with Gasteiger partial charge >= 0.3 is 0 Å². The number of amides is 2. The molecule has 1 saturated heterocycles. The molecule has 5 nitrogen and oxygen atoms in total. The number of hydrogen-bond donors (Lipinski definition) is 0. The third kappa shape index (κ3) is 1.85. The van der Waals surface area contributed by atoms with Gasteiger partial charge in [-0.05, 0) is 19.1 Å². The first-order chi connectivity index (χ1) is 9.02. The molecule has 3 rings (SSSR count). The van der Waals surface area contributed by atoms with Crippen molar-refractivity contribution < 1.29 is 9.59 Å². The molecular weight excluding hydrogens is 266 g/mol. The normalized spacial score (nSPS) is 29.8. The number of carbonyl (C=O) groups is 2. The van der Waals surface area contributed by atoms with Crippen molar-refractivity contribution in [2.45, 2.75) is 30.8 Å². The van der Waals surface area contributed by atoms with E-state index >= 15 is 0 Å². The number of imide groups is 1. The fourth-order valence-corrected chi connectivity index (χ4v) is 2.75. The Hall–Kier alpha value is -1.75. The van der Waals surface area contributed by atoms with Crippen LogP contribution in [0.4, 0.5) is 5.69 Å². The molecule has 0 saturated carbocycles. The molecule has 2 aliphatic rings. The van der Waals surface area contributed by atoms with Crippen molar-refractivity contribution >= 4 is 29.1 Å². The van der Waals surface area contributed by atoms with Crippen molar-refractivity contribution in [3.63, 3.8) is 0 Å². The van der Waals surface area contributed by atoms with Crippen molar-refractivity contribution in [3.8, 4) is 0 Å². The summed E-state index contributed by atoms with van der Waals surface area (Å²) in [5.74, 6) is -0.577. The summed E-state index contributed by atoms with van der Waals surface area (Å²) in [6.45, 7) is 1.95. The Morgan fingerprint density at radius 3 is 2.58 bits per heavy atom. The highest BCUT2D eigenvalue weighted by Crippen LogP contribution is 2.40. The second-order valence-corrected chi connectivity index (χ2v) is 5.44. The lowest BCUT2D eigenvalue weighted by atomic mass is 9.95. The summed E-state index contributed by atoms with van der Waals surface area (Å²) in [7, 11) is 0. The molecule has 0 N–H and O–H groups in total. The van der Waals surface area contributed by atoms with Crippen LogP contribution in [0.15, 0.2) is 34.5 Å². The van der Waals surface area contributed by atoms with Crippen LogP contribution in [0.3, 0.4) is 0 Å². The molecule has 2 atom stereocenters. The van der Waals surface area contributed by atoms with Crippen molar-refractivity contribution in [2.75, 3.05) is 4.90 Å². The van der Waals surface area contributed by atoms with Gasteiger partial charge in [-0.3, -0.25) is 9.59 Å². The number of nitrogens with zero attached hydrogens (tertiary/aromatic N) is 3. The number of hydrogen-bond acceptors (Lipinski definition) is 4. The first-order valence-corrected chi connectivity index (χ1v) is 6.46. The fraction of sp³-hybridized carbons (Fsp3) is 0.385. The van der Waals surface area contributed by atoms with Crippen LogP contribution in [-0.4, -0.2) is 22.9 Å². The second-order valence-electron chi connectivity index (χ2n) is 4.93. The van der Waals surface area contributed by atoms with Crippen molar-refractivity contribution in [1.82, 2.24) is 0 Å². The first kappa shape index (κ1) is 12.3. The lowest BCUT2D eigenvalue weighted by molar-refractivity contribution is -0.122. The number of alkyl halides is 1. The number of benzene rings is 1. The molecule has 2 heterocycles. The van der Waals surface area contributed by atoms with Gasteiger partial charge in [0.1, 0.15) is 5.50 Å². The Bertz CT molecular complexity index is 584. The van der Waals surface area contributed by atoms with Crippen LogP contribution in [0, 0.1) is 6.92 Å². The Morgan fingerprint density at radius 2 is 2.00 bits per heavy atom. The van der Waals surface area contributed by atoms with E-state index in [0.717, 1.165) is 5.56 Å². The van der Waals surface area contributed by atoms with Gasteiger partial charge in [-0.15, -0.1) is 0 Å². The highest BCUT2D eigenvalue weighted by molar-refractivity contribution is 6.26. The molecular formula is C13H12ClN3O2. The standard InChI is InChI=1S/C13H12ClN3O2/c1-8-2-4-9(5-3-8)17-11(18)7-13(12(17)19)6-10(14)15-16-13/h2-5,10H,6-7H2,1H3/t10-,13-/m1/s1. The van der Waals surface area contributed by atoms with E-state index < -0.39 is 11.0 Å². The van der Waals surface area contributed by atoms with Gasteiger partial charge in [-0.2, -0.15) is 10.2 Å². The molecule has 1 fully saturated rings. The number of anilines is 1. The van der Waals surface area contributed by atoms with Gasteiger partial charge < -0.3 is 0 Å². The smallest absolute Gasteiger partial charge is 0.264 e.